The Morgan fingerprint density at radius 3 is 2.41 bits per heavy atom. The number of aromatic nitrogens is 3. The van der Waals surface area contributed by atoms with Crippen LogP contribution in [-0.2, 0) is 16.2 Å². The molecule has 0 radical (unpaired) electrons. The van der Waals surface area contributed by atoms with Crippen molar-refractivity contribution in [3.63, 3.8) is 0 Å². The highest BCUT2D eigenvalue weighted by atomic mass is 32.2. The van der Waals surface area contributed by atoms with Gasteiger partial charge in [0.05, 0.1) is 15.1 Å². The van der Waals surface area contributed by atoms with Crippen molar-refractivity contribution >= 4 is 37.5 Å². The van der Waals surface area contributed by atoms with Gasteiger partial charge in [-0.1, -0.05) is 41.2 Å². The topological polar surface area (TPSA) is 114 Å². The van der Waals surface area contributed by atoms with Gasteiger partial charge in [-0.25, -0.2) is 18.1 Å². The summed E-state index contributed by atoms with van der Waals surface area (Å²) in [7, 11) is -4.52. The quantitative estimate of drug-likeness (QED) is 0.464. The third kappa shape index (κ3) is 3.91. The molecule has 8 nitrogen and oxygen atoms in total. The van der Waals surface area contributed by atoms with E-state index >= 15 is 0 Å². The molecule has 0 saturated heterocycles. The lowest BCUT2D eigenvalue weighted by Crippen LogP contribution is -2.35. The monoisotopic (exact) mass is 482 g/mol. The fourth-order valence-corrected chi connectivity index (χ4v) is 4.78. The number of halogens is 3. The lowest BCUT2D eigenvalue weighted by molar-refractivity contribution is -0.141. The van der Waals surface area contributed by atoms with E-state index in [1.165, 1.54) is 29.0 Å². The van der Waals surface area contributed by atoms with Gasteiger partial charge in [-0.3, -0.25) is 14.7 Å². The van der Waals surface area contributed by atoms with E-state index < -0.39 is 38.9 Å². The van der Waals surface area contributed by atoms with Crippen LogP contribution in [0.15, 0.2) is 58.2 Å². The maximum Gasteiger partial charge on any atom is 0.433 e. The van der Waals surface area contributed by atoms with Gasteiger partial charge in [0.25, 0.3) is 21.5 Å². The molecule has 0 unspecified atom stereocenters. The van der Waals surface area contributed by atoms with Crippen molar-refractivity contribution in [2.24, 2.45) is 0 Å². The van der Waals surface area contributed by atoms with Crippen LogP contribution >= 0.6 is 11.3 Å². The highest BCUT2D eigenvalue weighted by molar-refractivity contribution is 7.90. The standard InChI is InChI=1S/C19H13F3N4O4S2/c1-10-6-8-11(9-7-10)32(29,30)25-16(27)14-15(19(20,21)22)24-26(17(14)28)18-23-12-4-2-3-5-13(12)31-18/h2-9,24H,1H3,(H,25,27). The molecule has 0 aliphatic rings. The average molecular weight is 482 g/mol. The molecule has 4 rings (SSSR count). The number of H-pyrrole nitrogens is 1. The van der Waals surface area contributed by atoms with Crippen LogP contribution in [-0.4, -0.2) is 29.1 Å². The number of rotatable bonds is 4. The first-order valence-corrected chi connectivity index (χ1v) is 11.2. The molecule has 0 bridgehead atoms. The molecule has 0 atom stereocenters. The third-order valence-corrected chi connectivity index (χ3v) is 6.80. The van der Waals surface area contributed by atoms with Crippen LogP contribution in [0.3, 0.4) is 0 Å². The summed E-state index contributed by atoms with van der Waals surface area (Å²) < 4.78 is 68.3. The lowest BCUT2D eigenvalue weighted by Gasteiger charge is -2.08. The summed E-state index contributed by atoms with van der Waals surface area (Å²) in [5, 5.41) is 1.72. The van der Waals surface area contributed by atoms with E-state index in [4.69, 9.17) is 0 Å². The Hall–Kier alpha value is -3.45. The summed E-state index contributed by atoms with van der Waals surface area (Å²) in [5.74, 6) is -1.71. The first-order valence-electron chi connectivity index (χ1n) is 8.89. The van der Waals surface area contributed by atoms with Gasteiger partial charge in [0.1, 0.15) is 5.56 Å². The molecule has 0 fully saturated rings. The maximum absolute atomic E-state index is 13.6. The molecule has 4 aromatic rings. The summed E-state index contributed by atoms with van der Waals surface area (Å²) in [5.41, 5.74) is -3.27. The molecule has 0 spiro atoms. The number of aromatic amines is 1. The Morgan fingerprint density at radius 2 is 1.78 bits per heavy atom. The fraction of sp³-hybridized carbons (Fsp3) is 0.105. The number of carbonyl (C=O) groups is 1. The van der Waals surface area contributed by atoms with Gasteiger partial charge in [0.15, 0.2) is 5.69 Å². The lowest BCUT2D eigenvalue weighted by atomic mass is 10.2. The number of amides is 1. The van der Waals surface area contributed by atoms with Crippen LogP contribution in [0.2, 0.25) is 0 Å². The van der Waals surface area contributed by atoms with E-state index in [9.17, 15) is 31.2 Å². The van der Waals surface area contributed by atoms with Crippen molar-refractivity contribution in [3.05, 3.63) is 75.7 Å². The van der Waals surface area contributed by atoms with Crippen molar-refractivity contribution in [1.82, 2.24) is 19.5 Å². The zero-order valence-corrected chi connectivity index (χ0v) is 17.7. The number of hydrogen-bond acceptors (Lipinski definition) is 6. The predicted octanol–water partition coefficient (Wildman–Crippen LogP) is 3.22. The summed E-state index contributed by atoms with van der Waals surface area (Å²) in [6.07, 6.45) is -5.14. The summed E-state index contributed by atoms with van der Waals surface area (Å²) in [6.45, 7) is 1.70. The van der Waals surface area contributed by atoms with Crippen LogP contribution < -0.4 is 10.3 Å². The van der Waals surface area contributed by atoms with Gasteiger partial charge in [0, 0.05) is 0 Å². The maximum atomic E-state index is 13.6. The zero-order valence-electron chi connectivity index (χ0n) is 16.1. The second-order valence-corrected chi connectivity index (χ2v) is 9.40. The van der Waals surface area contributed by atoms with Gasteiger partial charge in [-0.2, -0.15) is 17.9 Å². The smallest absolute Gasteiger partial charge is 0.284 e. The SMILES string of the molecule is Cc1ccc(S(=O)(=O)NC(=O)c2c(C(F)(F)F)[nH]n(-c3nc4ccccc4s3)c2=O)cc1. The van der Waals surface area contributed by atoms with Gasteiger partial charge in [-0.15, -0.1) is 0 Å². The molecule has 2 heterocycles. The summed E-state index contributed by atoms with van der Waals surface area (Å²) in [6, 6.07) is 11.9. The Morgan fingerprint density at radius 1 is 1.12 bits per heavy atom. The van der Waals surface area contributed by atoms with E-state index in [0.29, 0.717) is 14.9 Å². The number of thiazole rings is 1. The van der Waals surface area contributed by atoms with Gasteiger partial charge >= 0.3 is 6.18 Å². The number of hydrogen-bond donors (Lipinski definition) is 2. The molecule has 2 N–H and O–H groups in total. The molecule has 2 aromatic heterocycles. The van der Waals surface area contributed by atoms with E-state index in [2.05, 4.69) is 4.98 Å². The molecule has 0 aliphatic heterocycles. The van der Waals surface area contributed by atoms with Crippen LogP contribution in [0.5, 0.6) is 0 Å². The molecule has 32 heavy (non-hydrogen) atoms. The molecule has 0 saturated carbocycles. The number of alkyl halides is 3. The van der Waals surface area contributed by atoms with Crippen LogP contribution in [0.1, 0.15) is 21.6 Å². The van der Waals surface area contributed by atoms with Crippen molar-refractivity contribution in [3.8, 4) is 5.13 Å². The highest BCUT2D eigenvalue weighted by Crippen LogP contribution is 2.31. The number of benzene rings is 2. The third-order valence-electron chi connectivity index (χ3n) is 4.43. The summed E-state index contributed by atoms with van der Waals surface area (Å²) >= 11 is 0.924. The number of nitrogens with zero attached hydrogens (tertiary/aromatic N) is 2. The van der Waals surface area contributed by atoms with Crippen LogP contribution in [0.4, 0.5) is 13.2 Å². The Kier molecular flexibility index (Phi) is 5.17. The van der Waals surface area contributed by atoms with Crippen molar-refractivity contribution in [2.45, 2.75) is 18.0 Å². The average Bonchev–Trinajstić information content (AvgIpc) is 3.28. The molecule has 1 amide bonds. The number of carbonyl (C=O) groups excluding carboxylic acids is 1. The molecule has 13 heteroatoms. The van der Waals surface area contributed by atoms with Gasteiger partial charge in [0.2, 0.25) is 5.13 Å². The van der Waals surface area contributed by atoms with E-state index in [-0.39, 0.29) is 10.0 Å². The Bertz CT molecular complexity index is 1470. The largest absolute Gasteiger partial charge is 0.433 e. The zero-order chi connectivity index (χ0) is 23.3. The number of sulfonamides is 1. The molecule has 166 valence electrons. The number of aryl methyl sites for hydroxylation is 1. The van der Waals surface area contributed by atoms with Gasteiger partial charge in [-0.05, 0) is 31.2 Å². The minimum atomic E-state index is -5.14. The number of fused-ring (bicyclic) bond motifs is 1. The van der Waals surface area contributed by atoms with Crippen molar-refractivity contribution in [2.75, 3.05) is 0 Å². The Balaban J connectivity index is 1.80. The predicted molar refractivity (Wildman–Crippen MR) is 110 cm³/mol. The van der Waals surface area contributed by atoms with Crippen LogP contribution in [0, 0.1) is 6.92 Å². The minimum Gasteiger partial charge on any atom is -0.284 e. The summed E-state index contributed by atoms with van der Waals surface area (Å²) in [4.78, 5) is 29.1. The first-order chi connectivity index (χ1) is 15.0. The second-order valence-electron chi connectivity index (χ2n) is 6.71. The highest BCUT2D eigenvalue weighted by Gasteiger charge is 2.41. The van der Waals surface area contributed by atoms with Crippen molar-refractivity contribution in [1.29, 1.82) is 0 Å². The number of para-hydroxylation sites is 1. The second kappa shape index (κ2) is 7.60. The normalized spacial score (nSPS) is 12.2. The molecule has 2 aromatic carbocycles. The van der Waals surface area contributed by atoms with E-state index in [1.54, 1.807) is 31.2 Å². The molecular formula is C19H13F3N4O4S2. The van der Waals surface area contributed by atoms with Gasteiger partial charge < -0.3 is 0 Å². The number of nitrogens with one attached hydrogen (secondary N) is 2. The van der Waals surface area contributed by atoms with Crippen LogP contribution in [0.25, 0.3) is 15.3 Å². The van der Waals surface area contributed by atoms with Crippen molar-refractivity contribution < 1.29 is 26.4 Å². The Labute approximate surface area is 182 Å². The van der Waals surface area contributed by atoms with E-state index in [0.717, 1.165) is 16.9 Å². The first kappa shape index (κ1) is 21.8. The molecule has 0 aliphatic carbocycles. The minimum absolute atomic E-state index is 0.137. The van der Waals surface area contributed by atoms with E-state index in [1.807, 2.05) is 5.10 Å². The fourth-order valence-electron chi connectivity index (χ4n) is 2.89. The molecular weight excluding hydrogens is 469 g/mol.